The molecule has 1 aliphatic rings. The molecule has 0 radical (unpaired) electrons. The maximum Gasteiger partial charge on any atom is 0.0465 e. The van der Waals surface area contributed by atoms with Gasteiger partial charge in [0.25, 0.3) is 0 Å². The first-order chi connectivity index (χ1) is 8.20. The van der Waals surface area contributed by atoms with Crippen LogP contribution in [0.5, 0.6) is 0 Å². The van der Waals surface area contributed by atoms with Crippen LogP contribution in [-0.4, -0.2) is 23.3 Å². The molecule has 1 unspecified atom stereocenters. The maximum absolute atomic E-state index is 6.20. The monoisotopic (exact) mass is 335 g/mol. The summed E-state index contributed by atoms with van der Waals surface area (Å²) in [7, 11) is 0. The Labute approximate surface area is 121 Å². The largest absolute Gasteiger partial charge is 0.299 e. The SMILES string of the molecule is Clc1cccc(Cl)c1CN1CCCC(CBr)C1. The van der Waals surface area contributed by atoms with Crippen LogP contribution in [0.3, 0.4) is 0 Å². The number of hydrogen-bond donors (Lipinski definition) is 0. The molecule has 1 nitrogen and oxygen atoms in total. The van der Waals surface area contributed by atoms with Gasteiger partial charge in [-0.25, -0.2) is 0 Å². The second-order valence-corrected chi connectivity index (χ2v) is 6.06. The van der Waals surface area contributed by atoms with Gasteiger partial charge in [-0.1, -0.05) is 45.2 Å². The van der Waals surface area contributed by atoms with Crippen molar-refractivity contribution in [1.29, 1.82) is 0 Å². The summed E-state index contributed by atoms with van der Waals surface area (Å²) in [5.41, 5.74) is 1.06. The molecule has 1 aromatic carbocycles. The van der Waals surface area contributed by atoms with Crippen LogP contribution >= 0.6 is 39.1 Å². The van der Waals surface area contributed by atoms with Crippen molar-refractivity contribution in [3.63, 3.8) is 0 Å². The van der Waals surface area contributed by atoms with E-state index in [4.69, 9.17) is 23.2 Å². The van der Waals surface area contributed by atoms with E-state index in [0.717, 1.165) is 46.5 Å². The summed E-state index contributed by atoms with van der Waals surface area (Å²) in [4.78, 5) is 2.45. The molecule has 0 aromatic heterocycles. The molecule has 1 atom stereocenters. The lowest BCUT2D eigenvalue weighted by Gasteiger charge is -2.32. The third-order valence-electron chi connectivity index (χ3n) is 3.26. The molecule has 1 aromatic rings. The molecule has 0 amide bonds. The molecule has 1 fully saturated rings. The van der Waals surface area contributed by atoms with Crippen molar-refractivity contribution < 1.29 is 0 Å². The Morgan fingerprint density at radius 2 is 2.00 bits per heavy atom. The lowest BCUT2D eigenvalue weighted by molar-refractivity contribution is 0.179. The summed E-state index contributed by atoms with van der Waals surface area (Å²) in [6, 6.07) is 5.72. The van der Waals surface area contributed by atoms with Gasteiger partial charge in [0, 0.05) is 34.0 Å². The van der Waals surface area contributed by atoms with E-state index in [1.165, 1.54) is 12.8 Å². The van der Waals surface area contributed by atoms with Crippen LogP contribution in [-0.2, 0) is 6.54 Å². The highest BCUT2D eigenvalue weighted by atomic mass is 79.9. The second kappa shape index (κ2) is 6.42. The van der Waals surface area contributed by atoms with E-state index in [1.807, 2.05) is 18.2 Å². The first-order valence-corrected chi connectivity index (χ1v) is 7.79. The molecular weight excluding hydrogens is 321 g/mol. The topological polar surface area (TPSA) is 3.24 Å². The number of rotatable bonds is 3. The van der Waals surface area contributed by atoms with E-state index in [2.05, 4.69) is 20.8 Å². The van der Waals surface area contributed by atoms with Gasteiger partial charge < -0.3 is 0 Å². The Morgan fingerprint density at radius 3 is 2.65 bits per heavy atom. The summed E-state index contributed by atoms with van der Waals surface area (Å²) < 4.78 is 0. The summed E-state index contributed by atoms with van der Waals surface area (Å²) in [6.07, 6.45) is 2.58. The molecule has 1 aliphatic heterocycles. The number of hydrogen-bond acceptors (Lipinski definition) is 1. The predicted molar refractivity (Wildman–Crippen MR) is 78.3 cm³/mol. The minimum atomic E-state index is 0.755. The van der Waals surface area contributed by atoms with Crippen LogP contribution < -0.4 is 0 Å². The number of nitrogens with zero attached hydrogens (tertiary/aromatic N) is 1. The fourth-order valence-electron chi connectivity index (χ4n) is 2.33. The highest BCUT2D eigenvalue weighted by Crippen LogP contribution is 2.27. The summed E-state index contributed by atoms with van der Waals surface area (Å²) in [6.45, 7) is 3.14. The number of likely N-dealkylation sites (tertiary alicyclic amines) is 1. The minimum Gasteiger partial charge on any atom is -0.299 e. The molecule has 1 saturated heterocycles. The number of piperidine rings is 1. The van der Waals surface area contributed by atoms with Crippen molar-refractivity contribution in [3.05, 3.63) is 33.8 Å². The summed E-state index contributed by atoms with van der Waals surface area (Å²) in [5.74, 6) is 0.755. The molecular formula is C13H16BrCl2N. The van der Waals surface area contributed by atoms with E-state index in [0.29, 0.717) is 0 Å². The molecule has 17 heavy (non-hydrogen) atoms. The van der Waals surface area contributed by atoms with E-state index < -0.39 is 0 Å². The zero-order valence-electron chi connectivity index (χ0n) is 9.63. The lowest BCUT2D eigenvalue weighted by atomic mass is 10.00. The van der Waals surface area contributed by atoms with Crippen molar-refractivity contribution in [2.45, 2.75) is 19.4 Å². The Bertz CT molecular complexity index is 363. The number of alkyl halides is 1. The van der Waals surface area contributed by atoms with Crippen LogP contribution in [0.15, 0.2) is 18.2 Å². The third kappa shape index (κ3) is 3.60. The van der Waals surface area contributed by atoms with E-state index in [9.17, 15) is 0 Å². The Balaban J connectivity index is 2.05. The van der Waals surface area contributed by atoms with Gasteiger partial charge >= 0.3 is 0 Å². The van der Waals surface area contributed by atoms with Gasteiger partial charge in [-0.15, -0.1) is 0 Å². The Kier molecular flexibility index (Phi) is 5.16. The van der Waals surface area contributed by atoms with Gasteiger partial charge in [0.2, 0.25) is 0 Å². The molecule has 0 N–H and O–H groups in total. The summed E-state index contributed by atoms with van der Waals surface area (Å²) >= 11 is 16.0. The van der Waals surface area contributed by atoms with E-state index >= 15 is 0 Å². The zero-order chi connectivity index (χ0) is 12.3. The molecule has 0 aliphatic carbocycles. The van der Waals surface area contributed by atoms with E-state index in [1.54, 1.807) is 0 Å². The van der Waals surface area contributed by atoms with Crippen molar-refractivity contribution >= 4 is 39.1 Å². The number of halogens is 3. The van der Waals surface area contributed by atoms with Crippen LogP contribution in [0, 0.1) is 5.92 Å². The molecule has 0 bridgehead atoms. The van der Waals surface area contributed by atoms with Gasteiger partial charge in [0.05, 0.1) is 0 Å². The summed E-state index contributed by atoms with van der Waals surface area (Å²) in [5, 5.41) is 2.64. The Morgan fingerprint density at radius 1 is 1.29 bits per heavy atom. The quantitative estimate of drug-likeness (QED) is 0.729. The molecule has 0 saturated carbocycles. The van der Waals surface area contributed by atoms with E-state index in [-0.39, 0.29) is 0 Å². The lowest BCUT2D eigenvalue weighted by Crippen LogP contribution is -2.35. The normalized spacial score (nSPS) is 21.7. The third-order valence-corrected chi connectivity index (χ3v) is 4.89. The minimum absolute atomic E-state index is 0.755. The zero-order valence-corrected chi connectivity index (χ0v) is 12.7. The maximum atomic E-state index is 6.20. The van der Waals surface area contributed by atoms with Crippen molar-refractivity contribution in [2.75, 3.05) is 18.4 Å². The Hall–Kier alpha value is 0.240. The van der Waals surface area contributed by atoms with Gasteiger partial charge in [-0.05, 0) is 37.4 Å². The van der Waals surface area contributed by atoms with Crippen molar-refractivity contribution in [2.24, 2.45) is 5.92 Å². The van der Waals surface area contributed by atoms with Crippen LogP contribution in [0.25, 0.3) is 0 Å². The second-order valence-electron chi connectivity index (χ2n) is 4.60. The van der Waals surface area contributed by atoms with Gasteiger partial charge in [0.15, 0.2) is 0 Å². The highest BCUT2D eigenvalue weighted by Gasteiger charge is 2.20. The molecule has 1 heterocycles. The average Bonchev–Trinajstić information content (AvgIpc) is 2.34. The predicted octanol–water partition coefficient (Wildman–Crippen LogP) is 4.60. The average molecular weight is 337 g/mol. The first kappa shape index (κ1) is 13.7. The van der Waals surface area contributed by atoms with Gasteiger partial charge in [-0.2, -0.15) is 0 Å². The van der Waals surface area contributed by atoms with Gasteiger partial charge in [-0.3, -0.25) is 4.90 Å². The van der Waals surface area contributed by atoms with Crippen molar-refractivity contribution in [3.8, 4) is 0 Å². The molecule has 4 heteroatoms. The molecule has 94 valence electrons. The fraction of sp³-hybridized carbons (Fsp3) is 0.538. The smallest absolute Gasteiger partial charge is 0.0465 e. The fourth-order valence-corrected chi connectivity index (χ4v) is 3.37. The van der Waals surface area contributed by atoms with Gasteiger partial charge in [0.1, 0.15) is 0 Å². The highest BCUT2D eigenvalue weighted by molar-refractivity contribution is 9.09. The standard InChI is InChI=1S/C13H16BrCl2N/c14-7-10-3-2-6-17(8-10)9-11-12(15)4-1-5-13(11)16/h1,4-5,10H,2-3,6-9H2. The molecule has 0 spiro atoms. The number of benzene rings is 1. The van der Waals surface area contributed by atoms with Crippen LogP contribution in [0.2, 0.25) is 10.0 Å². The van der Waals surface area contributed by atoms with Crippen molar-refractivity contribution in [1.82, 2.24) is 4.90 Å². The first-order valence-electron chi connectivity index (χ1n) is 5.92. The van der Waals surface area contributed by atoms with Crippen LogP contribution in [0.4, 0.5) is 0 Å². The van der Waals surface area contributed by atoms with Crippen LogP contribution in [0.1, 0.15) is 18.4 Å². The molecule has 2 rings (SSSR count).